The van der Waals surface area contributed by atoms with Crippen LogP contribution in [0.15, 0.2) is 54.6 Å². The van der Waals surface area contributed by atoms with Crippen LogP contribution in [0.5, 0.6) is 5.75 Å². The molecule has 0 radical (unpaired) electrons. The van der Waals surface area contributed by atoms with E-state index in [2.05, 4.69) is 5.32 Å². The van der Waals surface area contributed by atoms with Crippen molar-refractivity contribution in [3.05, 3.63) is 60.2 Å². The molecule has 2 aromatic carbocycles. The van der Waals surface area contributed by atoms with Gasteiger partial charge in [-0.3, -0.25) is 9.59 Å². The lowest BCUT2D eigenvalue weighted by atomic mass is 10.1. The number of carbonyl (C=O) groups is 2. The van der Waals surface area contributed by atoms with Crippen molar-refractivity contribution in [3.63, 3.8) is 0 Å². The first kappa shape index (κ1) is 19.5. The number of benzene rings is 2. The molecule has 1 N–H and O–H groups in total. The summed E-state index contributed by atoms with van der Waals surface area (Å²) in [6, 6.07) is 17.2. The Morgan fingerprint density at radius 2 is 2.03 bits per heavy atom. The average Bonchev–Trinajstić information content (AvgIpc) is 3.38. The molecule has 2 heterocycles. The topological polar surface area (TPSA) is 67.9 Å². The van der Waals surface area contributed by atoms with Crippen LogP contribution in [-0.4, -0.2) is 42.6 Å². The molecule has 2 amide bonds. The van der Waals surface area contributed by atoms with Crippen molar-refractivity contribution in [2.45, 2.75) is 31.9 Å². The van der Waals surface area contributed by atoms with Gasteiger partial charge in [0.2, 0.25) is 11.8 Å². The van der Waals surface area contributed by atoms with Gasteiger partial charge in [0.05, 0.1) is 12.0 Å². The van der Waals surface area contributed by atoms with Crippen molar-refractivity contribution in [3.8, 4) is 5.75 Å². The van der Waals surface area contributed by atoms with E-state index < -0.39 is 0 Å². The molecule has 0 aromatic heterocycles. The lowest BCUT2D eigenvalue weighted by Crippen LogP contribution is -2.28. The monoisotopic (exact) mass is 394 g/mol. The van der Waals surface area contributed by atoms with Crippen LogP contribution in [-0.2, 0) is 20.9 Å². The van der Waals surface area contributed by atoms with Crippen LogP contribution in [0.1, 0.15) is 24.8 Å². The van der Waals surface area contributed by atoms with Gasteiger partial charge in [0.1, 0.15) is 12.4 Å². The number of hydrogen-bond acceptors (Lipinski definition) is 4. The smallest absolute Gasteiger partial charge is 0.229 e. The quantitative estimate of drug-likeness (QED) is 0.783. The van der Waals surface area contributed by atoms with E-state index in [1.807, 2.05) is 54.6 Å². The van der Waals surface area contributed by atoms with Gasteiger partial charge in [-0.25, -0.2) is 0 Å². The molecule has 0 spiro atoms. The van der Waals surface area contributed by atoms with Gasteiger partial charge in [0, 0.05) is 37.9 Å². The van der Waals surface area contributed by atoms with Crippen molar-refractivity contribution in [1.82, 2.24) is 4.90 Å². The fourth-order valence-electron chi connectivity index (χ4n) is 3.78. The standard InChI is InChI=1S/C23H26N2O4/c26-22-12-18(15-25(22)14-17-6-2-1-3-7-17)23(27)24-19-8-4-9-20(13-19)29-16-21-10-5-11-28-21/h1-4,6-9,13,18,21H,5,10-12,14-16H2,(H,24,27). The molecule has 0 saturated carbocycles. The minimum Gasteiger partial charge on any atom is -0.491 e. The molecule has 0 aliphatic carbocycles. The number of likely N-dealkylation sites (tertiary alicyclic amines) is 1. The molecule has 4 rings (SSSR count). The molecule has 2 aromatic rings. The number of rotatable bonds is 7. The number of carbonyl (C=O) groups excluding carboxylic acids is 2. The first-order valence-electron chi connectivity index (χ1n) is 10.1. The largest absolute Gasteiger partial charge is 0.491 e. The third-order valence-corrected chi connectivity index (χ3v) is 5.36. The first-order chi connectivity index (χ1) is 14.2. The van der Waals surface area contributed by atoms with Crippen LogP contribution >= 0.6 is 0 Å². The van der Waals surface area contributed by atoms with Crippen LogP contribution in [0.3, 0.4) is 0 Å². The van der Waals surface area contributed by atoms with E-state index in [-0.39, 0.29) is 30.3 Å². The van der Waals surface area contributed by atoms with Gasteiger partial charge in [0.15, 0.2) is 0 Å². The number of ether oxygens (including phenoxy) is 2. The van der Waals surface area contributed by atoms with Crippen molar-refractivity contribution in [1.29, 1.82) is 0 Å². The van der Waals surface area contributed by atoms with Crippen LogP contribution in [0, 0.1) is 5.92 Å². The Morgan fingerprint density at radius 3 is 2.83 bits per heavy atom. The maximum atomic E-state index is 12.7. The van der Waals surface area contributed by atoms with E-state index in [1.165, 1.54) is 0 Å². The normalized spacial score (nSPS) is 21.4. The zero-order valence-corrected chi connectivity index (χ0v) is 16.4. The number of hydrogen-bond donors (Lipinski definition) is 1. The summed E-state index contributed by atoms with van der Waals surface area (Å²) in [7, 11) is 0. The van der Waals surface area contributed by atoms with Gasteiger partial charge >= 0.3 is 0 Å². The molecule has 2 fully saturated rings. The highest BCUT2D eigenvalue weighted by molar-refractivity contribution is 5.97. The number of nitrogens with zero attached hydrogens (tertiary/aromatic N) is 1. The van der Waals surface area contributed by atoms with Crippen molar-refractivity contribution in [2.24, 2.45) is 5.92 Å². The Labute approximate surface area is 170 Å². The predicted octanol–water partition coefficient (Wildman–Crippen LogP) is 3.23. The summed E-state index contributed by atoms with van der Waals surface area (Å²) in [5.74, 6) is 0.238. The highest BCUT2D eigenvalue weighted by Crippen LogP contribution is 2.24. The van der Waals surface area contributed by atoms with Gasteiger partial charge in [-0.15, -0.1) is 0 Å². The van der Waals surface area contributed by atoms with Gasteiger partial charge in [-0.2, -0.15) is 0 Å². The van der Waals surface area contributed by atoms with Gasteiger partial charge in [0.25, 0.3) is 0 Å². The van der Waals surface area contributed by atoms with E-state index in [1.54, 1.807) is 4.90 Å². The Bertz CT molecular complexity index is 849. The second-order valence-electron chi connectivity index (χ2n) is 7.62. The van der Waals surface area contributed by atoms with E-state index in [9.17, 15) is 9.59 Å². The highest BCUT2D eigenvalue weighted by atomic mass is 16.5. The number of anilines is 1. The van der Waals surface area contributed by atoms with Crippen LogP contribution < -0.4 is 10.1 Å². The third kappa shape index (κ3) is 5.15. The Kier molecular flexibility index (Phi) is 6.10. The molecular formula is C23H26N2O4. The number of amides is 2. The first-order valence-corrected chi connectivity index (χ1v) is 10.1. The van der Waals surface area contributed by atoms with E-state index >= 15 is 0 Å². The second kappa shape index (κ2) is 9.09. The lowest BCUT2D eigenvalue weighted by Gasteiger charge is -2.17. The van der Waals surface area contributed by atoms with Gasteiger partial charge < -0.3 is 19.7 Å². The van der Waals surface area contributed by atoms with Gasteiger partial charge in [-0.1, -0.05) is 36.4 Å². The zero-order chi connectivity index (χ0) is 20.1. The molecule has 152 valence electrons. The third-order valence-electron chi connectivity index (χ3n) is 5.36. The molecular weight excluding hydrogens is 368 g/mol. The average molecular weight is 394 g/mol. The summed E-state index contributed by atoms with van der Waals surface area (Å²) < 4.78 is 11.4. The fourth-order valence-corrected chi connectivity index (χ4v) is 3.78. The summed E-state index contributed by atoms with van der Waals surface area (Å²) in [5, 5.41) is 2.93. The predicted molar refractivity (Wildman–Crippen MR) is 110 cm³/mol. The summed E-state index contributed by atoms with van der Waals surface area (Å²) in [5.41, 5.74) is 1.74. The SMILES string of the molecule is O=C(Nc1cccc(OCC2CCCO2)c1)C1CC(=O)N(Cc2ccccc2)C1. The Morgan fingerprint density at radius 1 is 1.17 bits per heavy atom. The maximum absolute atomic E-state index is 12.7. The molecule has 2 atom stereocenters. The molecule has 2 aliphatic rings. The maximum Gasteiger partial charge on any atom is 0.229 e. The lowest BCUT2D eigenvalue weighted by molar-refractivity contribution is -0.128. The minimum atomic E-state index is -0.345. The van der Waals surface area contributed by atoms with E-state index in [0.717, 1.165) is 25.0 Å². The van der Waals surface area contributed by atoms with E-state index in [0.29, 0.717) is 31.1 Å². The van der Waals surface area contributed by atoms with Crippen LogP contribution in [0.2, 0.25) is 0 Å². The molecule has 0 bridgehead atoms. The molecule has 2 unspecified atom stereocenters. The van der Waals surface area contributed by atoms with Crippen LogP contribution in [0.4, 0.5) is 5.69 Å². The summed E-state index contributed by atoms with van der Waals surface area (Å²) in [6.07, 6.45) is 2.48. The summed E-state index contributed by atoms with van der Waals surface area (Å²) >= 11 is 0. The minimum absolute atomic E-state index is 0.0163. The molecule has 6 heteroatoms. The van der Waals surface area contributed by atoms with Crippen molar-refractivity contribution in [2.75, 3.05) is 25.1 Å². The van der Waals surface area contributed by atoms with E-state index in [4.69, 9.17) is 9.47 Å². The molecule has 2 aliphatic heterocycles. The Hall–Kier alpha value is -2.86. The Balaban J connectivity index is 1.31. The molecule has 2 saturated heterocycles. The van der Waals surface area contributed by atoms with Crippen molar-refractivity contribution >= 4 is 17.5 Å². The van der Waals surface area contributed by atoms with Crippen LogP contribution in [0.25, 0.3) is 0 Å². The van der Waals surface area contributed by atoms with Crippen molar-refractivity contribution < 1.29 is 19.1 Å². The number of nitrogens with one attached hydrogen (secondary N) is 1. The fraction of sp³-hybridized carbons (Fsp3) is 0.391. The summed E-state index contributed by atoms with van der Waals surface area (Å²) in [6.45, 7) is 2.29. The van der Waals surface area contributed by atoms with Gasteiger partial charge in [-0.05, 0) is 30.5 Å². The second-order valence-corrected chi connectivity index (χ2v) is 7.62. The summed E-state index contributed by atoms with van der Waals surface area (Å²) in [4.78, 5) is 26.8. The zero-order valence-electron chi connectivity index (χ0n) is 16.4. The molecule has 6 nitrogen and oxygen atoms in total. The molecule has 29 heavy (non-hydrogen) atoms. The highest BCUT2D eigenvalue weighted by Gasteiger charge is 2.34.